The van der Waals surface area contributed by atoms with E-state index in [-0.39, 0.29) is 29.5 Å². The highest BCUT2D eigenvalue weighted by Crippen LogP contribution is 2.15. The van der Waals surface area contributed by atoms with E-state index < -0.39 is 16.0 Å². The van der Waals surface area contributed by atoms with Crippen LogP contribution in [0.15, 0.2) is 58.2 Å². The fourth-order valence-electron chi connectivity index (χ4n) is 2.15. The first-order chi connectivity index (χ1) is 13.5. The maximum Gasteiger partial charge on any atom is 0.338 e. The molecule has 0 atom stereocenters. The number of nitrogens with one attached hydrogen (secondary N) is 1. The zero-order valence-corrected chi connectivity index (χ0v) is 15.2. The Bertz CT molecular complexity index is 1120. The van der Waals surface area contributed by atoms with Gasteiger partial charge in [-0.1, -0.05) is 17.1 Å². The summed E-state index contributed by atoms with van der Waals surface area (Å²) in [5, 5.41) is 3.79. The van der Waals surface area contributed by atoms with Crippen LogP contribution in [0.2, 0.25) is 0 Å². The van der Waals surface area contributed by atoms with Gasteiger partial charge in [0.25, 0.3) is 5.89 Å². The van der Waals surface area contributed by atoms with Gasteiger partial charge in [-0.15, -0.1) is 6.42 Å². The van der Waals surface area contributed by atoms with Gasteiger partial charge in [-0.25, -0.2) is 13.2 Å². The van der Waals surface area contributed by atoms with Gasteiger partial charge in [0.1, 0.15) is 0 Å². The highest BCUT2D eigenvalue weighted by molar-refractivity contribution is 7.89. The van der Waals surface area contributed by atoms with E-state index in [1.165, 1.54) is 24.3 Å². The lowest BCUT2D eigenvalue weighted by Gasteiger charge is -2.06. The van der Waals surface area contributed by atoms with E-state index in [9.17, 15) is 13.2 Å². The Morgan fingerprint density at radius 1 is 1.29 bits per heavy atom. The molecule has 3 aromatic rings. The molecule has 9 nitrogen and oxygen atoms in total. The molecule has 0 aliphatic carbocycles. The molecule has 3 rings (SSSR count). The molecule has 0 aliphatic rings. The van der Waals surface area contributed by atoms with E-state index in [1.54, 1.807) is 24.5 Å². The van der Waals surface area contributed by atoms with Crippen LogP contribution in [0, 0.1) is 12.3 Å². The van der Waals surface area contributed by atoms with Gasteiger partial charge in [-0.2, -0.15) is 9.71 Å². The van der Waals surface area contributed by atoms with Crippen LogP contribution in [-0.4, -0.2) is 36.1 Å². The van der Waals surface area contributed by atoms with Crippen molar-refractivity contribution in [3.63, 3.8) is 0 Å². The summed E-state index contributed by atoms with van der Waals surface area (Å²) in [5.41, 5.74) is 0.705. The van der Waals surface area contributed by atoms with Crippen molar-refractivity contribution >= 4 is 16.0 Å². The molecule has 142 valence electrons. The fraction of sp³-hybridized carbons (Fsp3) is 0.111. The molecule has 1 N–H and O–H groups in total. The lowest BCUT2D eigenvalue weighted by atomic mass is 10.2. The van der Waals surface area contributed by atoms with Crippen molar-refractivity contribution in [3.8, 4) is 23.7 Å². The summed E-state index contributed by atoms with van der Waals surface area (Å²) < 4.78 is 36.5. The number of hydrogen-bond acceptors (Lipinski definition) is 8. The van der Waals surface area contributed by atoms with E-state index in [1.807, 2.05) is 0 Å². The van der Waals surface area contributed by atoms with Crippen LogP contribution in [0.3, 0.4) is 0 Å². The molecule has 0 aliphatic heterocycles. The van der Waals surface area contributed by atoms with Crippen LogP contribution in [0.1, 0.15) is 16.2 Å². The average molecular weight is 398 g/mol. The molecule has 28 heavy (non-hydrogen) atoms. The molecule has 0 radical (unpaired) electrons. The lowest BCUT2D eigenvalue weighted by Crippen LogP contribution is -2.24. The van der Waals surface area contributed by atoms with Gasteiger partial charge < -0.3 is 9.26 Å². The largest absolute Gasteiger partial charge is 0.452 e. The van der Waals surface area contributed by atoms with Crippen molar-refractivity contribution in [1.29, 1.82) is 0 Å². The quantitative estimate of drug-likeness (QED) is 0.468. The van der Waals surface area contributed by atoms with Crippen LogP contribution >= 0.6 is 0 Å². The summed E-state index contributed by atoms with van der Waals surface area (Å²) >= 11 is 0. The number of benzene rings is 1. The van der Waals surface area contributed by atoms with Crippen molar-refractivity contribution in [1.82, 2.24) is 19.8 Å². The SMILES string of the molecule is C#CCNS(=O)(=O)c1cccc(C(=O)OCc2nc(-c3cccnc3)no2)c1. The second-order valence-electron chi connectivity index (χ2n) is 5.39. The fourth-order valence-corrected chi connectivity index (χ4v) is 3.13. The van der Waals surface area contributed by atoms with Crippen LogP contribution in [-0.2, 0) is 21.4 Å². The molecule has 2 heterocycles. The molecule has 0 saturated carbocycles. The van der Waals surface area contributed by atoms with E-state index in [0.29, 0.717) is 11.4 Å². The third-order valence-corrected chi connectivity index (χ3v) is 4.86. The third-order valence-electron chi connectivity index (χ3n) is 3.46. The van der Waals surface area contributed by atoms with Gasteiger partial charge in [0.15, 0.2) is 6.61 Å². The minimum absolute atomic E-state index is 0.0515. The number of aromatic nitrogens is 3. The van der Waals surface area contributed by atoms with Crippen LogP contribution in [0.5, 0.6) is 0 Å². The minimum atomic E-state index is -3.82. The molecule has 0 unspecified atom stereocenters. The Balaban J connectivity index is 1.67. The van der Waals surface area contributed by atoms with E-state index in [4.69, 9.17) is 15.7 Å². The maximum atomic E-state index is 12.2. The molecule has 1 aromatic carbocycles. The summed E-state index contributed by atoms with van der Waals surface area (Å²) in [5.74, 6) is 1.83. The number of ether oxygens (including phenoxy) is 1. The number of carbonyl (C=O) groups is 1. The Morgan fingerprint density at radius 2 is 2.14 bits per heavy atom. The highest BCUT2D eigenvalue weighted by Gasteiger charge is 2.17. The zero-order valence-electron chi connectivity index (χ0n) is 14.4. The molecular weight excluding hydrogens is 384 g/mol. The number of terminal acetylenes is 1. The van der Waals surface area contributed by atoms with Crippen LogP contribution in [0.25, 0.3) is 11.4 Å². The van der Waals surface area contributed by atoms with Gasteiger partial charge in [0.2, 0.25) is 15.8 Å². The first-order valence-corrected chi connectivity index (χ1v) is 9.41. The molecule has 0 fully saturated rings. The summed E-state index contributed by atoms with van der Waals surface area (Å²) in [4.78, 5) is 20.2. The molecule has 0 spiro atoms. The monoisotopic (exact) mass is 398 g/mol. The normalized spacial score (nSPS) is 11.0. The standard InChI is InChI=1S/C18H14N4O5S/c1-2-8-20-28(24,25)15-7-3-5-13(10-15)18(23)26-12-16-21-17(22-27-16)14-6-4-9-19-11-14/h1,3-7,9-11,20H,8,12H2. The minimum Gasteiger partial charge on any atom is -0.452 e. The maximum absolute atomic E-state index is 12.2. The number of rotatable bonds is 7. The van der Waals surface area contributed by atoms with Gasteiger partial charge in [0, 0.05) is 18.0 Å². The number of nitrogens with zero attached hydrogens (tertiary/aromatic N) is 3. The number of sulfonamides is 1. The molecular formula is C18H14N4O5S. The van der Waals surface area contributed by atoms with Gasteiger partial charge in [-0.05, 0) is 30.3 Å². The molecule has 0 bridgehead atoms. The Morgan fingerprint density at radius 3 is 2.89 bits per heavy atom. The van der Waals surface area contributed by atoms with Crippen molar-refractivity contribution < 1.29 is 22.5 Å². The topological polar surface area (TPSA) is 124 Å². The predicted molar refractivity (Wildman–Crippen MR) is 97.1 cm³/mol. The number of pyridine rings is 1. The smallest absolute Gasteiger partial charge is 0.338 e. The number of carbonyl (C=O) groups excluding carboxylic acids is 1. The Hall–Kier alpha value is -3.55. The zero-order chi connectivity index (χ0) is 20.0. The third kappa shape index (κ3) is 4.59. The van der Waals surface area contributed by atoms with Gasteiger partial charge in [-0.3, -0.25) is 4.98 Å². The number of hydrogen-bond donors (Lipinski definition) is 1. The van der Waals surface area contributed by atoms with Gasteiger partial charge >= 0.3 is 5.97 Å². The highest BCUT2D eigenvalue weighted by atomic mass is 32.2. The van der Waals surface area contributed by atoms with Gasteiger partial charge in [0.05, 0.1) is 17.0 Å². The molecule has 2 aromatic heterocycles. The lowest BCUT2D eigenvalue weighted by molar-refractivity contribution is 0.0429. The van der Waals surface area contributed by atoms with Crippen molar-refractivity contribution in [2.75, 3.05) is 6.54 Å². The van der Waals surface area contributed by atoms with Crippen molar-refractivity contribution in [2.45, 2.75) is 11.5 Å². The molecule has 10 heteroatoms. The molecule has 0 saturated heterocycles. The summed E-state index contributed by atoms with van der Waals surface area (Å²) in [6.07, 6.45) is 8.24. The Labute approximate surface area is 160 Å². The van der Waals surface area contributed by atoms with E-state index >= 15 is 0 Å². The summed E-state index contributed by atoms with van der Waals surface area (Å²) in [6, 6.07) is 8.87. The first-order valence-electron chi connectivity index (χ1n) is 7.93. The summed E-state index contributed by atoms with van der Waals surface area (Å²) in [6.45, 7) is -0.425. The van der Waals surface area contributed by atoms with Crippen molar-refractivity contribution in [3.05, 3.63) is 60.2 Å². The van der Waals surface area contributed by atoms with Crippen LogP contribution < -0.4 is 4.72 Å². The summed E-state index contributed by atoms with van der Waals surface area (Å²) in [7, 11) is -3.82. The number of esters is 1. The predicted octanol–water partition coefficient (Wildman–Crippen LogP) is 1.40. The van der Waals surface area contributed by atoms with E-state index in [2.05, 4.69) is 25.8 Å². The second-order valence-corrected chi connectivity index (χ2v) is 7.15. The van der Waals surface area contributed by atoms with Crippen molar-refractivity contribution in [2.24, 2.45) is 0 Å². The average Bonchev–Trinajstić information content (AvgIpc) is 3.20. The molecule has 0 amide bonds. The Kier molecular flexibility index (Phi) is 5.78. The van der Waals surface area contributed by atoms with Crippen LogP contribution in [0.4, 0.5) is 0 Å². The van der Waals surface area contributed by atoms with E-state index in [0.717, 1.165) is 0 Å². The first kappa shape index (κ1) is 19.2. The second kappa shape index (κ2) is 8.43.